The second-order valence-corrected chi connectivity index (χ2v) is 4.10. The summed E-state index contributed by atoms with van der Waals surface area (Å²) in [5, 5.41) is 2.80. The number of benzene rings is 1. The van der Waals surface area contributed by atoms with Crippen LogP contribution in [-0.2, 0) is 0 Å². The summed E-state index contributed by atoms with van der Waals surface area (Å²) in [6, 6.07) is 7.88. The quantitative estimate of drug-likeness (QED) is 0.842. The van der Waals surface area contributed by atoms with Crippen LogP contribution in [0.1, 0.15) is 30.1 Å². The Bertz CT molecular complexity index is 353. The van der Waals surface area contributed by atoms with E-state index in [0.717, 1.165) is 18.7 Å². The summed E-state index contributed by atoms with van der Waals surface area (Å²) < 4.78 is 0. The van der Waals surface area contributed by atoms with Crippen molar-refractivity contribution in [2.75, 3.05) is 24.5 Å². The Morgan fingerprint density at radius 3 is 2.44 bits per heavy atom. The van der Waals surface area contributed by atoms with E-state index in [0.29, 0.717) is 6.54 Å². The molecular weight excluding hydrogens is 200 g/mol. The van der Waals surface area contributed by atoms with Crippen LogP contribution in [0.5, 0.6) is 0 Å². The third kappa shape index (κ3) is 2.35. The van der Waals surface area contributed by atoms with Crippen molar-refractivity contribution in [1.82, 2.24) is 5.32 Å². The summed E-state index contributed by atoms with van der Waals surface area (Å²) in [6.45, 7) is 4.88. The Hall–Kier alpha value is -1.51. The summed E-state index contributed by atoms with van der Waals surface area (Å²) in [5.74, 6) is 0.00970. The molecule has 1 heterocycles. The summed E-state index contributed by atoms with van der Waals surface area (Å²) >= 11 is 0. The fraction of sp³-hybridized carbons (Fsp3) is 0.462. The summed E-state index contributed by atoms with van der Waals surface area (Å²) in [7, 11) is 0. The molecule has 86 valence electrons. The number of amides is 1. The Morgan fingerprint density at radius 1 is 1.25 bits per heavy atom. The van der Waals surface area contributed by atoms with Gasteiger partial charge in [0.15, 0.2) is 0 Å². The molecule has 2 rings (SSSR count). The van der Waals surface area contributed by atoms with Gasteiger partial charge in [0.05, 0.1) is 0 Å². The lowest BCUT2D eigenvalue weighted by molar-refractivity contribution is 0.0956. The van der Waals surface area contributed by atoms with Gasteiger partial charge in [0, 0.05) is 30.9 Å². The van der Waals surface area contributed by atoms with Gasteiger partial charge < -0.3 is 10.2 Å². The molecule has 0 spiro atoms. The molecule has 1 aromatic carbocycles. The lowest BCUT2D eigenvalue weighted by Gasteiger charge is -2.17. The minimum Gasteiger partial charge on any atom is -0.372 e. The van der Waals surface area contributed by atoms with Gasteiger partial charge in [0.25, 0.3) is 5.91 Å². The van der Waals surface area contributed by atoms with E-state index in [2.05, 4.69) is 10.2 Å². The average Bonchev–Trinajstić information content (AvgIpc) is 2.83. The number of anilines is 1. The molecule has 1 saturated heterocycles. The fourth-order valence-electron chi connectivity index (χ4n) is 2.06. The van der Waals surface area contributed by atoms with Crippen LogP contribution in [0, 0.1) is 0 Å². The van der Waals surface area contributed by atoms with Crippen LogP contribution in [0.15, 0.2) is 24.3 Å². The number of carbonyl (C=O) groups is 1. The zero-order valence-electron chi connectivity index (χ0n) is 9.70. The van der Waals surface area contributed by atoms with Gasteiger partial charge in [0.2, 0.25) is 0 Å². The molecule has 0 unspecified atom stereocenters. The van der Waals surface area contributed by atoms with E-state index in [4.69, 9.17) is 0 Å². The van der Waals surface area contributed by atoms with Crippen molar-refractivity contribution in [2.24, 2.45) is 0 Å². The molecule has 3 nitrogen and oxygen atoms in total. The number of carbonyl (C=O) groups excluding carboxylic acids is 1. The zero-order valence-corrected chi connectivity index (χ0v) is 9.70. The molecule has 0 aliphatic carbocycles. The first-order chi connectivity index (χ1) is 7.81. The average molecular weight is 218 g/mol. The first-order valence-electron chi connectivity index (χ1n) is 5.94. The Morgan fingerprint density at radius 2 is 1.88 bits per heavy atom. The van der Waals surface area contributed by atoms with E-state index in [-0.39, 0.29) is 5.91 Å². The van der Waals surface area contributed by atoms with E-state index in [1.165, 1.54) is 18.5 Å². The van der Waals surface area contributed by atoms with Gasteiger partial charge in [-0.25, -0.2) is 0 Å². The van der Waals surface area contributed by atoms with Crippen LogP contribution in [0.25, 0.3) is 0 Å². The Kier molecular flexibility index (Phi) is 3.44. The van der Waals surface area contributed by atoms with Gasteiger partial charge in [-0.1, -0.05) is 0 Å². The molecule has 0 saturated carbocycles. The number of hydrogen-bond acceptors (Lipinski definition) is 2. The predicted octanol–water partition coefficient (Wildman–Crippen LogP) is 2.04. The highest BCUT2D eigenvalue weighted by Gasteiger charge is 2.12. The van der Waals surface area contributed by atoms with Crippen molar-refractivity contribution < 1.29 is 4.79 Å². The minimum atomic E-state index is 0.00970. The van der Waals surface area contributed by atoms with Gasteiger partial charge >= 0.3 is 0 Å². The molecule has 1 aromatic rings. The van der Waals surface area contributed by atoms with Gasteiger partial charge in [-0.3, -0.25) is 4.79 Å². The molecule has 0 aromatic heterocycles. The molecule has 1 amide bonds. The molecule has 0 atom stereocenters. The summed E-state index contributed by atoms with van der Waals surface area (Å²) in [5.41, 5.74) is 1.97. The maximum atomic E-state index is 11.6. The van der Waals surface area contributed by atoms with Crippen molar-refractivity contribution in [2.45, 2.75) is 19.8 Å². The SMILES string of the molecule is CCNC(=O)c1ccc(N2CCCC2)cc1. The van der Waals surface area contributed by atoms with Crippen LogP contribution in [0.3, 0.4) is 0 Å². The lowest BCUT2D eigenvalue weighted by atomic mass is 10.2. The van der Waals surface area contributed by atoms with Gasteiger partial charge in [0.1, 0.15) is 0 Å². The van der Waals surface area contributed by atoms with E-state index in [1.54, 1.807) is 0 Å². The second-order valence-electron chi connectivity index (χ2n) is 4.10. The number of nitrogens with one attached hydrogen (secondary N) is 1. The standard InChI is InChI=1S/C13H18N2O/c1-2-14-13(16)11-5-7-12(8-6-11)15-9-3-4-10-15/h5-8H,2-4,9-10H2,1H3,(H,14,16). The van der Waals surface area contributed by atoms with Crippen LogP contribution < -0.4 is 10.2 Å². The molecular formula is C13H18N2O. The number of hydrogen-bond donors (Lipinski definition) is 1. The van der Waals surface area contributed by atoms with E-state index in [9.17, 15) is 4.79 Å². The maximum absolute atomic E-state index is 11.6. The van der Waals surface area contributed by atoms with Crippen molar-refractivity contribution >= 4 is 11.6 Å². The molecule has 0 bridgehead atoms. The molecule has 1 fully saturated rings. The molecule has 16 heavy (non-hydrogen) atoms. The lowest BCUT2D eigenvalue weighted by Crippen LogP contribution is -2.23. The predicted molar refractivity (Wildman–Crippen MR) is 65.9 cm³/mol. The Labute approximate surface area is 96.5 Å². The smallest absolute Gasteiger partial charge is 0.251 e. The summed E-state index contributed by atoms with van der Waals surface area (Å²) in [4.78, 5) is 13.9. The fourth-order valence-corrected chi connectivity index (χ4v) is 2.06. The van der Waals surface area contributed by atoms with Crippen LogP contribution in [-0.4, -0.2) is 25.5 Å². The highest BCUT2D eigenvalue weighted by molar-refractivity contribution is 5.94. The van der Waals surface area contributed by atoms with Crippen molar-refractivity contribution in [3.05, 3.63) is 29.8 Å². The second kappa shape index (κ2) is 5.01. The van der Waals surface area contributed by atoms with E-state index in [1.807, 2.05) is 31.2 Å². The maximum Gasteiger partial charge on any atom is 0.251 e. The molecule has 1 aliphatic rings. The van der Waals surface area contributed by atoms with E-state index >= 15 is 0 Å². The van der Waals surface area contributed by atoms with Crippen LogP contribution in [0.2, 0.25) is 0 Å². The topological polar surface area (TPSA) is 32.3 Å². The molecule has 1 aliphatic heterocycles. The van der Waals surface area contributed by atoms with Crippen LogP contribution >= 0.6 is 0 Å². The third-order valence-electron chi connectivity index (χ3n) is 2.94. The first-order valence-corrected chi connectivity index (χ1v) is 5.94. The van der Waals surface area contributed by atoms with Crippen molar-refractivity contribution in [1.29, 1.82) is 0 Å². The van der Waals surface area contributed by atoms with Crippen molar-refractivity contribution in [3.8, 4) is 0 Å². The van der Waals surface area contributed by atoms with Gasteiger partial charge in [-0.15, -0.1) is 0 Å². The first kappa shape index (κ1) is 11.0. The van der Waals surface area contributed by atoms with Gasteiger partial charge in [-0.2, -0.15) is 0 Å². The Balaban J connectivity index is 2.06. The molecule has 3 heteroatoms. The third-order valence-corrected chi connectivity index (χ3v) is 2.94. The monoisotopic (exact) mass is 218 g/mol. The number of nitrogens with zero attached hydrogens (tertiary/aromatic N) is 1. The van der Waals surface area contributed by atoms with Crippen molar-refractivity contribution in [3.63, 3.8) is 0 Å². The number of rotatable bonds is 3. The summed E-state index contributed by atoms with van der Waals surface area (Å²) in [6.07, 6.45) is 2.55. The molecule has 0 radical (unpaired) electrons. The zero-order chi connectivity index (χ0) is 11.4. The minimum absolute atomic E-state index is 0.00970. The normalized spacial score (nSPS) is 15.2. The largest absolute Gasteiger partial charge is 0.372 e. The highest BCUT2D eigenvalue weighted by atomic mass is 16.1. The highest BCUT2D eigenvalue weighted by Crippen LogP contribution is 2.20. The molecule has 1 N–H and O–H groups in total. The van der Waals surface area contributed by atoms with Crippen LogP contribution in [0.4, 0.5) is 5.69 Å². The van der Waals surface area contributed by atoms with Gasteiger partial charge in [-0.05, 0) is 44.0 Å². The van der Waals surface area contributed by atoms with E-state index < -0.39 is 0 Å².